The molecule has 1 unspecified atom stereocenters. The van der Waals surface area contributed by atoms with Gasteiger partial charge in [0.25, 0.3) is 0 Å². The van der Waals surface area contributed by atoms with Crippen molar-refractivity contribution in [3.63, 3.8) is 0 Å². The second-order valence-electron chi connectivity index (χ2n) is 4.83. The summed E-state index contributed by atoms with van der Waals surface area (Å²) in [5.74, 6) is 0. The van der Waals surface area contributed by atoms with Crippen molar-refractivity contribution in [1.82, 2.24) is 10.2 Å². The van der Waals surface area contributed by atoms with Crippen LogP contribution < -0.4 is 5.32 Å². The second kappa shape index (κ2) is 7.61. The predicted molar refractivity (Wildman–Crippen MR) is 66.3 cm³/mol. The van der Waals surface area contributed by atoms with Crippen LogP contribution in [0.1, 0.15) is 27.2 Å². The van der Waals surface area contributed by atoms with E-state index in [9.17, 15) is 5.26 Å². The molecule has 1 N–H and O–H groups in total. The highest BCUT2D eigenvalue weighted by molar-refractivity contribution is 5.06. The van der Waals surface area contributed by atoms with Crippen LogP contribution in [0.3, 0.4) is 0 Å². The lowest BCUT2D eigenvalue weighted by Gasteiger charge is -2.30. The van der Waals surface area contributed by atoms with E-state index in [0.717, 1.165) is 26.1 Å². The zero-order valence-electron chi connectivity index (χ0n) is 11.2. The van der Waals surface area contributed by atoms with Crippen molar-refractivity contribution in [2.45, 2.75) is 38.8 Å². The molecule has 4 heteroatoms. The molecular formula is C12H25N3O. The van der Waals surface area contributed by atoms with Gasteiger partial charge in [-0.05, 0) is 34.2 Å². The van der Waals surface area contributed by atoms with Crippen molar-refractivity contribution in [2.24, 2.45) is 0 Å². The molecule has 0 saturated carbocycles. The lowest BCUT2D eigenvalue weighted by molar-refractivity contribution is 0.171. The number of methoxy groups -OCH3 is 1. The fourth-order valence-corrected chi connectivity index (χ4v) is 1.85. The molecule has 0 aromatic carbocycles. The highest BCUT2D eigenvalue weighted by Crippen LogP contribution is 2.06. The van der Waals surface area contributed by atoms with E-state index in [2.05, 4.69) is 30.1 Å². The van der Waals surface area contributed by atoms with Crippen LogP contribution in [-0.4, -0.2) is 50.3 Å². The van der Waals surface area contributed by atoms with Crippen LogP contribution in [0.25, 0.3) is 0 Å². The lowest BCUT2D eigenvalue weighted by Crippen LogP contribution is -2.52. The van der Waals surface area contributed by atoms with Crippen LogP contribution in [0.4, 0.5) is 0 Å². The van der Waals surface area contributed by atoms with Crippen LogP contribution in [0, 0.1) is 11.3 Å². The maximum absolute atomic E-state index is 9.19. The van der Waals surface area contributed by atoms with Crippen molar-refractivity contribution in [3.8, 4) is 6.07 Å². The first-order valence-corrected chi connectivity index (χ1v) is 5.80. The van der Waals surface area contributed by atoms with Gasteiger partial charge in [0, 0.05) is 32.8 Å². The normalized spacial score (nSPS) is 15.1. The Balaban J connectivity index is 4.05. The van der Waals surface area contributed by atoms with Gasteiger partial charge in [-0.25, -0.2) is 0 Å². The second-order valence-corrected chi connectivity index (χ2v) is 4.83. The van der Waals surface area contributed by atoms with Gasteiger partial charge in [0.05, 0.1) is 6.07 Å². The summed E-state index contributed by atoms with van der Waals surface area (Å²) in [6, 6.07) is 2.66. The third-order valence-electron chi connectivity index (χ3n) is 2.33. The number of nitriles is 1. The van der Waals surface area contributed by atoms with Crippen molar-refractivity contribution in [2.75, 3.05) is 33.9 Å². The molecule has 0 aliphatic heterocycles. The fraction of sp³-hybridized carbons (Fsp3) is 0.917. The Hall–Kier alpha value is -0.630. The van der Waals surface area contributed by atoms with Crippen LogP contribution in [0.15, 0.2) is 0 Å². The summed E-state index contributed by atoms with van der Waals surface area (Å²) >= 11 is 0. The van der Waals surface area contributed by atoms with E-state index in [1.807, 2.05) is 14.0 Å². The number of nitrogens with one attached hydrogen (secondary N) is 1. The number of likely N-dealkylation sites (N-methyl/N-ethyl adjacent to an activating group) is 1. The van der Waals surface area contributed by atoms with Crippen molar-refractivity contribution in [1.29, 1.82) is 5.26 Å². The van der Waals surface area contributed by atoms with Gasteiger partial charge in [-0.2, -0.15) is 5.26 Å². The summed E-state index contributed by atoms with van der Waals surface area (Å²) in [5.41, 5.74) is -0.476. The molecule has 0 saturated heterocycles. The Kier molecular flexibility index (Phi) is 7.31. The third-order valence-corrected chi connectivity index (χ3v) is 2.33. The van der Waals surface area contributed by atoms with Crippen LogP contribution in [0.5, 0.6) is 0 Å². The maximum Gasteiger partial charge on any atom is 0.116 e. The number of hydrogen-bond donors (Lipinski definition) is 1. The SMILES string of the molecule is COCCCN(C)CC(C)(C#N)NC(C)C. The summed E-state index contributed by atoms with van der Waals surface area (Å²) < 4.78 is 5.01. The molecule has 16 heavy (non-hydrogen) atoms. The van der Waals surface area contributed by atoms with Gasteiger partial charge in [0.2, 0.25) is 0 Å². The number of rotatable bonds is 8. The molecule has 94 valence electrons. The highest BCUT2D eigenvalue weighted by atomic mass is 16.5. The van der Waals surface area contributed by atoms with Gasteiger partial charge in [0.1, 0.15) is 5.54 Å². The van der Waals surface area contributed by atoms with Gasteiger partial charge in [-0.15, -0.1) is 0 Å². The minimum atomic E-state index is -0.476. The number of nitrogens with zero attached hydrogens (tertiary/aromatic N) is 2. The first-order chi connectivity index (χ1) is 7.43. The van der Waals surface area contributed by atoms with Crippen molar-refractivity contribution < 1.29 is 4.74 Å². The van der Waals surface area contributed by atoms with Gasteiger partial charge in [0.15, 0.2) is 0 Å². The van der Waals surface area contributed by atoms with Gasteiger partial charge >= 0.3 is 0 Å². The van der Waals surface area contributed by atoms with Gasteiger partial charge < -0.3 is 9.64 Å². The van der Waals surface area contributed by atoms with E-state index in [4.69, 9.17) is 4.74 Å². The van der Waals surface area contributed by atoms with E-state index >= 15 is 0 Å². The fourth-order valence-electron chi connectivity index (χ4n) is 1.85. The average Bonchev–Trinajstić information content (AvgIpc) is 2.16. The van der Waals surface area contributed by atoms with Gasteiger partial charge in [-0.1, -0.05) is 0 Å². The van der Waals surface area contributed by atoms with E-state index < -0.39 is 5.54 Å². The smallest absolute Gasteiger partial charge is 0.116 e. The molecule has 4 nitrogen and oxygen atoms in total. The Labute approximate surface area is 99.6 Å². The van der Waals surface area contributed by atoms with E-state index in [-0.39, 0.29) is 0 Å². The van der Waals surface area contributed by atoms with Crippen molar-refractivity contribution in [3.05, 3.63) is 0 Å². The minimum absolute atomic E-state index is 0.317. The Morgan fingerprint density at radius 3 is 2.56 bits per heavy atom. The molecule has 0 bridgehead atoms. The van der Waals surface area contributed by atoms with Crippen molar-refractivity contribution >= 4 is 0 Å². The molecule has 0 aromatic rings. The highest BCUT2D eigenvalue weighted by Gasteiger charge is 2.25. The summed E-state index contributed by atoms with van der Waals surface area (Å²) in [4.78, 5) is 2.16. The number of ether oxygens (including phenoxy) is 1. The molecule has 0 aromatic heterocycles. The Morgan fingerprint density at radius 2 is 2.12 bits per heavy atom. The zero-order valence-corrected chi connectivity index (χ0v) is 11.2. The molecular weight excluding hydrogens is 202 g/mol. The summed E-state index contributed by atoms with van der Waals surface area (Å²) in [6.07, 6.45) is 0.996. The third kappa shape index (κ3) is 6.78. The molecule has 0 fully saturated rings. The zero-order chi connectivity index (χ0) is 12.6. The molecule has 0 aliphatic rings. The quantitative estimate of drug-likeness (QED) is 0.634. The molecule has 1 atom stereocenters. The van der Waals surface area contributed by atoms with E-state index in [1.165, 1.54) is 0 Å². The summed E-state index contributed by atoms with van der Waals surface area (Å²) in [6.45, 7) is 8.50. The predicted octanol–water partition coefficient (Wildman–Crippen LogP) is 1.23. The molecule has 0 amide bonds. The average molecular weight is 227 g/mol. The molecule has 0 spiro atoms. The minimum Gasteiger partial charge on any atom is -0.385 e. The Morgan fingerprint density at radius 1 is 1.50 bits per heavy atom. The summed E-state index contributed by atoms with van der Waals surface area (Å²) in [7, 11) is 3.74. The van der Waals surface area contributed by atoms with E-state index in [0.29, 0.717) is 6.04 Å². The summed E-state index contributed by atoms with van der Waals surface area (Å²) in [5, 5.41) is 12.5. The van der Waals surface area contributed by atoms with Crippen LogP contribution in [0.2, 0.25) is 0 Å². The first kappa shape index (κ1) is 15.4. The maximum atomic E-state index is 9.19. The van der Waals surface area contributed by atoms with Crippen LogP contribution >= 0.6 is 0 Å². The molecule has 0 aliphatic carbocycles. The molecule has 0 rings (SSSR count). The van der Waals surface area contributed by atoms with Gasteiger partial charge in [-0.3, -0.25) is 5.32 Å². The molecule has 0 heterocycles. The lowest BCUT2D eigenvalue weighted by atomic mass is 10.0. The largest absolute Gasteiger partial charge is 0.385 e. The van der Waals surface area contributed by atoms with E-state index in [1.54, 1.807) is 7.11 Å². The number of hydrogen-bond acceptors (Lipinski definition) is 4. The first-order valence-electron chi connectivity index (χ1n) is 5.80. The Bertz CT molecular complexity index is 225. The monoisotopic (exact) mass is 227 g/mol. The molecule has 0 radical (unpaired) electrons. The topological polar surface area (TPSA) is 48.3 Å². The van der Waals surface area contributed by atoms with Crippen LogP contribution in [-0.2, 0) is 4.74 Å². The standard InChI is InChI=1S/C12H25N3O/c1-11(2)14-12(3,9-13)10-15(4)7-6-8-16-5/h11,14H,6-8,10H2,1-5H3.